The summed E-state index contributed by atoms with van der Waals surface area (Å²) in [5, 5.41) is 0. The van der Waals surface area contributed by atoms with Crippen molar-refractivity contribution in [3.63, 3.8) is 0 Å². The van der Waals surface area contributed by atoms with Crippen LogP contribution in [-0.2, 0) is 16.0 Å². The van der Waals surface area contributed by atoms with Gasteiger partial charge < -0.3 is 19.3 Å². The number of nitrogens with zero attached hydrogens (tertiary/aromatic N) is 2. The summed E-state index contributed by atoms with van der Waals surface area (Å²) >= 11 is 0. The molecule has 5 heteroatoms. The van der Waals surface area contributed by atoms with E-state index in [0.717, 1.165) is 44.9 Å². The first kappa shape index (κ1) is 17.2. The van der Waals surface area contributed by atoms with Gasteiger partial charge >= 0.3 is 0 Å². The number of hydrogen-bond acceptors (Lipinski definition) is 4. The highest BCUT2D eigenvalue weighted by Gasteiger charge is 2.37. The van der Waals surface area contributed by atoms with Crippen LogP contribution in [0.25, 0.3) is 0 Å². The average Bonchev–Trinajstić information content (AvgIpc) is 3.01. The predicted molar refractivity (Wildman–Crippen MR) is 93.2 cm³/mol. The average molecular weight is 332 g/mol. The van der Waals surface area contributed by atoms with Crippen molar-refractivity contribution in [2.45, 2.75) is 13.3 Å². The first-order valence-corrected chi connectivity index (χ1v) is 8.89. The Labute approximate surface area is 144 Å². The van der Waals surface area contributed by atoms with E-state index >= 15 is 0 Å². The minimum atomic E-state index is 0.138. The van der Waals surface area contributed by atoms with Crippen LogP contribution in [0.2, 0.25) is 0 Å². The molecule has 24 heavy (non-hydrogen) atoms. The van der Waals surface area contributed by atoms with Gasteiger partial charge in [0.15, 0.2) is 0 Å². The third-order valence-corrected chi connectivity index (χ3v) is 5.20. The maximum Gasteiger partial charge on any atom is 0.227 e. The van der Waals surface area contributed by atoms with Crippen molar-refractivity contribution in [3.05, 3.63) is 29.8 Å². The molecule has 0 aliphatic carbocycles. The van der Waals surface area contributed by atoms with Crippen LogP contribution >= 0.6 is 0 Å². The van der Waals surface area contributed by atoms with E-state index in [4.69, 9.17) is 9.47 Å². The van der Waals surface area contributed by atoms with Crippen LogP contribution in [0.1, 0.15) is 12.5 Å². The molecule has 0 saturated carbocycles. The Hall–Kier alpha value is -1.59. The largest absolute Gasteiger partial charge is 0.497 e. The maximum absolute atomic E-state index is 12.7. The molecule has 0 aromatic heterocycles. The van der Waals surface area contributed by atoms with Crippen molar-refractivity contribution in [2.24, 2.45) is 11.8 Å². The van der Waals surface area contributed by atoms with Crippen molar-refractivity contribution >= 4 is 5.91 Å². The zero-order valence-electron chi connectivity index (χ0n) is 14.7. The summed E-state index contributed by atoms with van der Waals surface area (Å²) in [6, 6.07) is 8.25. The van der Waals surface area contributed by atoms with E-state index in [2.05, 4.69) is 24.0 Å². The molecule has 0 N–H and O–H groups in total. The van der Waals surface area contributed by atoms with Crippen LogP contribution < -0.4 is 4.74 Å². The number of methoxy groups -OCH3 is 1. The molecule has 1 aromatic rings. The molecule has 1 aromatic carbocycles. The fourth-order valence-corrected chi connectivity index (χ4v) is 3.67. The van der Waals surface area contributed by atoms with E-state index in [1.807, 2.05) is 17.0 Å². The van der Waals surface area contributed by atoms with Gasteiger partial charge in [-0.1, -0.05) is 19.1 Å². The van der Waals surface area contributed by atoms with Gasteiger partial charge in [-0.15, -0.1) is 0 Å². The Morgan fingerprint density at radius 2 is 1.92 bits per heavy atom. The van der Waals surface area contributed by atoms with Crippen molar-refractivity contribution in [1.29, 1.82) is 0 Å². The van der Waals surface area contributed by atoms with Gasteiger partial charge in [0.1, 0.15) is 5.75 Å². The maximum atomic E-state index is 12.7. The third-order valence-electron chi connectivity index (χ3n) is 5.20. The topological polar surface area (TPSA) is 42.0 Å². The van der Waals surface area contributed by atoms with Gasteiger partial charge in [-0.25, -0.2) is 0 Å². The van der Waals surface area contributed by atoms with E-state index < -0.39 is 0 Å². The summed E-state index contributed by atoms with van der Waals surface area (Å²) < 4.78 is 10.5. The minimum Gasteiger partial charge on any atom is -0.497 e. The number of benzene rings is 1. The van der Waals surface area contributed by atoms with E-state index in [-0.39, 0.29) is 5.92 Å². The van der Waals surface area contributed by atoms with Crippen molar-refractivity contribution in [2.75, 3.05) is 53.0 Å². The Morgan fingerprint density at radius 3 is 2.58 bits per heavy atom. The van der Waals surface area contributed by atoms with Gasteiger partial charge in [0.05, 0.1) is 26.2 Å². The van der Waals surface area contributed by atoms with Gasteiger partial charge in [-0.3, -0.25) is 4.79 Å². The lowest BCUT2D eigenvalue weighted by molar-refractivity contribution is -0.140. The Bertz CT molecular complexity index is 540. The molecule has 5 nitrogen and oxygen atoms in total. The van der Waals surface area contributed by atoms with E-state index in [1.54, 1.807) is 7.11 Å². The van der Waals surface area contributed by atoms with Crippen molar-refractivity contribution in [1.82, 2.24) is 9.80 Å². The summed E-state index contributed by atoms with van der Waals surface area (Å²) in [5.41, 5.74) is 1.31. The van der Waals surface area contributed by atoms with Crippen LogP contribution in [0.4, 0.5) is 0 Å². The highest BCUT2D eigenvalue weighted by atomic mass is 16.5. The van der Waals surface area contributed by atoms with Crippen molar-refractivity contribution < 1.29 is 14.3 Å². The summed E-state index contributed by atoms with van der Waals surface area (Å²) in [6.07, 6.45) is 1.01. The minimum absolute atomic E-state index is 0.138. The molecular formula is C19H28N2O3. The molecule has 2 aliphatic rings. The SMILES string of the molecule is COc1ccc(CCN2C[C@@H](C)[C@H](C(=O)N3CCOCC3)C2)cc1. The molecule has 0 spiro atoms. The fraction of sp³-hybridized carbons (Fsp3) is 0.632. The Kier molecular flexibility index (Phi) is 5.74. The third kappa shape index (κ3) is 4.08. The highest BCUT2D eigenvalue weighted by molar-refractivity contribution is 5.79. The number of morpholine rings is 1. The van der Waals surface area contributed by atoms with Gasteiger partial charge in [-0.2, -0.15) is 0 Å². The van der Waals surface area contributed by atoms with Gasteiger partial charge in [0.2, 0.25) is 5.91 Å². The van der Waals surface area contributed by atoms with Crippen molar-refractivity contribution in [3.8, 4) is 5.75 Å². The number of carbonyl (C=O) groups excluding carboxylic acids is 1. The fourth-order valence-electron chi connectivity index (χ4n) is 3.67. The number of ether oxygens (including phenoxy) is 2. The second kappa shape index (κ2) is 7.99. The zero-order valence-corrected chi connectivity index (χ0v) is 14.7. The van der Waals surface area contributed by atoms with Crippen LogP contribution in [0.3, 0.4) is 0 Å². The number of amides is 1. The van der Waals surface area contributed by atoms with Crippen LogP contribution in [0.5, 0.6) is 5.75 Å². The first-order valence-electron chi connectivity index (χ1n) is 8.89. The van der Waals surface area contributed by atoms with E-state index in [1.165, 1.54) is 5.56 Å². The van der Waals surface area contributed by atoms with Crippen LogP contribution in [0, 0.1) is 11.8 Å². The van der Waals surface area contributed by atoms with Crippen LogP contribution in [-0.4, -0.2) is 68.8 Å². The summed E-state index contributed by atoms with van der Waals surface area (Å²) in [5.74, 6) is 1.78. The van der Waals surface area contributed by atoms with Gasteiger partial charge in [-0.05, 0) is 30.0 Å². The number of carbonyl (C=O) groups is 1. The van der Waals surface area contributed by atoms with E-state index in [0.29, 0.717) is 25.0 Å². The molecule has 2 saturated heterocycles. The number of likely N-dealkylation sites (tertiary alicyclic amines) is 1. The Balaban J connectivity index is 1.50. The monoisotopic (exact) mass is 332 g/mol. The molecule has 2 atom stereocenters. The summed E-state index contributed by atoms with van der Waals surface area (Å²) in [4.78, 5) is 17.1. The molecule has 2 fully saturated rings. The molecule has 132 valence electrons. The lowest BCUT2D eigenvalue weighted by Gasteiger charge is -2.30. The zero-order chi connectivity index (χ0) is 16.9. The lowest BCUT2D eigenvalue weighted by Crippen LogP contribution is -2.45. The summed E-state index contributed by atoms with van der Waals surface area (Å²) in [6.45, 7) is 7.94. The summed E-state index contributed by atoms with van der Waals surface area (Å²) in [7, 11) is 1.69. The normalized spacial score (nSPS) is 25.0. The molecule has 0 bridgehead atoms. The Morgan fingerprint density at radius 1 is 1.21 bits per heavy atom. The molecule has 2 heterocycles. The van der Waals surface area contributed by atoms with Crippen LogP contribution in [0.15, 0.2) is 24.3 Å². The molecule has 0 unspecified atom stereocenters. The molecule has 2 aliphatic heterocycles. The molecule has 1 amide bonds. The quantitative estimate of drug-likeness (QED) is 0.822. The van der Waals surface area contributed by atoms with Gasteiger partial charge in [0, 0.05) is 32.7 Å². The van der Waals surface area contributed by atoms with E-state index in [9.17, 15) is 4.79 Å². The number of rotatable bonds is 5. The molecule has 3 rings (SSSR count). The van der Waals surface area contributed by atoms with Gasteiger partial charge in [0.25, 0.3) is 0 Å². The second-order valence-corrected chi connectivity index (χ2v) is 6.88. The molecular weight excluding hydrogens is 304 g/mol. The highest BCUT2D eigenvalue weighted by Crippen LogP contribution is 2.25. The smallest absolute Gasteiger partial charge is 0.227 e. The second-order valence-electron chi connectivity index (χ2n) is 6.88. The first-order chi connectivity index (χ1) is 11.7. The molecule has 0 radical (unpaired) electrons. The predicted octanol–water partition coefficient (Wildman–Crippen LogP) is 1.66. The standard InChI is InChI=1S/C19H28N2O3/c1-15-13-20(8-7-16-3-5-17(23-2)6-4-16)14-18(15)19(22)21-9-11-24-12-10-21/h3-6,15,18H,7-14H2,1-2H3/t15-,18-/m1/s1. The number of hydrogen-bond donors (Lipinski definition) is 0. The lowest BCUT2D eigenvalue weighted by atomic mass is 9.96.